The van der Waals surface area contributed by atoms with Crippen LogP contribution in [0.4, 0.5) is 5.82 Å². The number of amidine groups is 1. The van der Waals surface area contributed by atoms with Crippen molar-refractivity contribution < 1.29 is 14.9 Å². The molecule has 3 aliphatic rings. The van der Waals surface area contributed by atoms with E-state index in [1.165, 1.54) is 19.2 Å². The minimum Gasteiger partial charge on any atom is -0.388 e. The van der Waals surface area contributed by atoms with Gasteiger partial charge in [0, 0.05) is 30.8 Å². The second-order valence-corrected chi connectivity index (χ2v) is 9.21. The van der Waals surface area contributed by atoms with E-state index in [1.807, 2.05) is 6.07 Å². The van der Waals surface area contributed by atoms with E-state index in [0.29, 0.717) is 24.3 Å². The van der Waals surface area contributed by atoms with Gasteiger partial charge in [-0.3, -0.25) is 4.99 Å². The van der Waals surface area contributed by atoms with Gasteiger partial charge >= 0.3 is 0 Å². The molecule has 3 N–H and O–H groups in total. The molecule has 8 nitrogen and oxygen atoms in total. The third-order valence-electron chi connectivity index (χ3n) is 6.62. The number of fused-ring (bicyclic) bond motifs is 1. The maximum Gasteiger partial charge on any atom is 0.164 e. The van der Waals surface area contributed by atoms with Crippen LogP contribution >= 0.6 is 0 Å². The van der Waals surface area contributed by atoms with Gasteiger partial charge in [-0.05, 0) is 61.4 Å². The van der Waals surface area contributed by atoms with Crippen molar-refractivity contribution in [1.82, 2.24) is 9.88 Å². The fourth-order valence-electron chi connectivity index (χ4n) is 4.44. The number of benzene rings is 1. The monoisotopic (exact) mass is 461 g/mol. The Balaban J connectivity index is 1.24. The first-order valence-electron chi connectivity index (χ1n) is 11.8. The Labute approximate surface area is 199 Å². The summed E-state index contributed by atoms with van der Waals surface area (Å²) in [6, 6.07) is 10.4. The summed E-state index contributed by atoms with van der Waals surface area (Å²) >= 11 is 0. The molecule has 0 unspecified atom stereocenters. The van der Waals surface area contributed by atoms with Gasteiger partial charge in [0.25, 0.3) is 0 Å². The van der Waals surface area contributed by atoms with Crippen LogP contribution in [0.25, 0.3) is 10.9 Å². The molecule has 5 rings (SSSR count). The molecule has 1 saturated heterocycles. The Kier molecular flexibility index (Phi) is 6.45. The highest BCUT2D eigenvalue weighted by molar-refractivity contribution is 6.06. The van der Waals surface area contributed by atoms with Gasteiger partial charge in [-0.2, -0.15) is 0 Å². The van der Waals surface area contributed by atoms with Gasteiger partial charge in [0.1, 0.15) is 30.2 Å². The van der Waals surface area contributed by atoms with Gasteiger partial charge in [0.2, 0.25) is 0 Å². The van der Waals surface area contributed by atoms with Crippen molar-refractivity contribution in [2.24, 2.45) is 15.9 Å². The van der Waals surface area contributed by atoms with E-state index in [4.69, 9.17) is 9.72 Å². The number of nitrogens with zero attached hydrogens (tertiary/aromatic N) is 4. The van der Waals surface area contributed by atoms with E-state index in [0.717, 1.165) is 34.7 Å². The summed E-state index contributed by atoms with van der Waals surface area (Å²) in [5.74, 6) is 2.24. The lowest BCUT2D eigenvalue weighted by molar-refractivity contribution is -0.0451. The van der Waals surface area contributed by atoms with Crippen LogP contribution in [0.3, 0.4) is 0 Å². The van der Waals surface area contributed by atoms with Crippen LogP contribution < -0.4 is 5.32 Å². The number of aryl methyl sites for hydroxylation is 1. The molecule has 2 fully saturated rings. The summed E-state index contributed by atoms with van der Waals surface area (Å²) in [7, 11) is 1.63. The molecule has 34 heavy (non-hydrogen) atoms. The average molecular weight is 462 g/mol. The Morgan fingerprint density at radius 1 is 1.24 bits per heavy atom. The molecule has 0 radical (unpaired) electrons. The molecule has 2 aliphatic heterocycles. The molecule has 3 heterocycles. The topological polar surface area (TPSA) is 103 Å². The number of aliphatic hydroxyl groups excluding tert-OH is 2. The van der Waals surface area contributed by atoms with Gasteiger partial charge < -0.3 is 25.2 Å². The summed E-state index contributed by atoms with van der Waals surface area (Å²) in [5, 5.41) is 25.9. The molecule has 8 heteroatoms. The molecule has 2 aromatic rings. The molecule has 178 valence electrons. The van der Waals surface area contributed by atoms with Crippen LogP contribution in [-0.4, -0.2) is 70.4 Å². The minimum absolute atomic E-state index is 0.501. The number of aromatic nitrogens is 1. The van der Waals surface area contributed by atoms with Crippen molar-refractivity contribution in [2.75, 3.05) is 18.9 Å². The third kappa shape index (κ3) is 4.75. The summed E-state index contributed by atoms with van der Waals surface area (Å²) < 4.78 is 6.10. The van der Waals surface area contributed by atoms with Gasteiger partial charge in [-0.25, -0.2) is 9.98 Å². The second kappa shape index (κ2) is 9.66. The number of anilines is 1. The number of rotatable bonds is 8. The zero-order valence-electron chi connectivity index (χ0n) is 19.3. The van der Waals surface area contributed by atoms with E-state index in [-0.39, 0.29) is 0 Å². The molecular formula is C26H31N5O3. The van der Waals surface area contributed by atoms with Gasteiger partial charge in [0.15, 0.2) is 6.23 Å². The predicted molar refractivity (Wildman–Crippen MR) is 134 cm³/mol. The van der Waals surface area contributed by atoms with Crippen LogP contribution in [0.1, 0.15) is 24.8 Å². The quantitative estimate of drug-likeness (QED) is 0.413. The molecule has 0 amide bonds. The van der Waals surface area contributed by atoms with Crippen molar-refractivity contribution in [2.45, 2.75) is 50.2 Å². The molecule has 0 bridgehead atoms. The maximum atomic E-state index is 10.7. The highest BCUT2D eigenvalue weighted by atomic mass is 16.6. The Morgan fingerprint density at radius 2 is 2.06 bits per heavy atom. The lowest BCUT2D eigenvalue weighted by atomic mass is 10.0. The lowest BCUT2D eigenvalue weighted by Crippen LogP contribution is -2.43. The first kappa shape index (κ1) is 22.7. The lowest BCUT2D eigenvalue weighted by Gasteiger charge is -2.26. The molecule has 4 atom stereocenters. The molecule has 1 aromatic heterocycles. The largest absolute Gasteiger partial charge is 0.388 e. The molecule has 1 saturated carbocycles. The van der Waals surface area contributed by atoms with E-state index in [9.17, 15) is 10.2 Å². The second-order valence-electron chi connectivity index (χ2n) is 9.21. The number of aliphatic imine (C=N–C) groups is 2. The Bertz CT molecular complexity index is 1160. The number of pyridine rings is 1. The van der Waals surface area contributed by atoms with Crippen LogP contribution in [0.2, 0.25) is 0 Å². The summed E-state index contributed by atoms with van der Waals surface area (Å²) in [6.07, 6.45) is 5.57. The third-order valence-corrected chi connectivity index (χ3v) is 6.62. The maximum absolute atomic E-state index is 10.7. The first-order chi connectivity index (χ1) is 16.5. The number of hydrogen-bond acceptors (Lipinski definition) is 6. The van der Waals surface area contributed by atoms with Crippen LogP contribution in [0, 0.1) is 5.92 Å². The van der Waals surface area contributed by atoms with Crippen molar-refractivity contribution in [3.05, 3.63) is 60.3 Å². The summed E-state index contributed by atoms with van der Waals surface area (Å²) in [4.78, 5) is 14.6. The molecule has 1 aliphatic carbocycles. The summed E-state index contributed by atoms with van der Waals surface area (Å²) in [6.45, 7) is 4.95. The van der Waals surface area contributed by atoms with E-state index < -0.39 is 24.5 Å². The van der Waals surface area contributed by atoms with Crippen molar-refractivity contribution in [3.63, 3.8) is 0 Å². The zero-order chi connectivity index (χ0) is 23.7. The number of aliphatic hydroxyl groups is 2. The van der Waals surface area contributed by atoms with Gasteiger partial charge in [-0.15, -0.1) is 0 Å². The van der Waals surface area contributed by atoms with E-state index >= 15 is 0 Å². The fraction of sp³-hybridized carbons (Fsp3) is 0.423. The predicted octanol–water partition coefficient (Wildman–Crippen LogP) is 2.88. The SMILES string of the molecule is C=C1C=CN([C@@H]2O[C@H](CCc3ccc4ccc(NCC5CC5)nc4c3)[C@@H](O)[C@H]2O)C1=NC=NC. The summed E-state index contributed by atoms with van der Waals surface area (Å²) in [5.41, 5.74) is 2.76. The highest BCUT2D eigenvalue weighted by Gasteiger charge is 2.46. The molecule has 0 spiro atoms. The van der Waals surface area contributed by atoms with Crippen LogP contribution in [-0.2, 0) is 11.2 Å². The van der Waals surface area contributed by atoms with Crippen molar-refractivity contribution >= 4 is 28.9 Å². The van der Waals surface area contributed by atoms with E-state index in [2.05, 4.69) is 46.1 Å². The zero-order valence-corrected chi connectivity index (χ0v) is 19.3. The van der Waals surface area contributed by atoms with Gasteiger partial charge in [-0.1, -0.05) is 18.7 Å². The minimum atomic E-state index is -1.07. The Morgan fingerprint density at radius 3 is 2.85 bits per heavy atom. The fourth-order valence-corrected chi connectivity index (χ4v) is 4.44. The normalized spacial score (nSPS) is 28.1. The van der Waals surface area contributed by atoms with Crippen LogP contribution in [0.5, 0.6) is 0 Å². The Hall–Kier alpha value is -3.07. The molecule has 1 aromatic carbocycles. The smallest absolute Gasteiger partial charge is 0.164 e. The molecular weight excluding hydrogens is 430 g/mol. The average Bonchev–Trinajstić information content (AvgIpc) is 3.55. The number of nitrogens with one attached hydrogen (secondary N) is 1. The highest BCUT2D eigenvalue weighted by Crippen LogP contribution is 2.31. The van der Waals surface area contributed by atoms with Crippen molar-refractivity contribution in [3.8, 4) is 0 Å². The number of ether oxygens (including phenoxy) is 1. The van der Waals surface area contributed by atoms with Crippen molar-refractivity contribution in [1.29, 1.82) is 0 Å². The standard InChI is InChI=1S/C26H31N5O3/c1-16-11-12-31(25(16)29-15-27-2)26-24(33)23(32)21(34-26)9-6-17-5-7-19-8-10-22(30-20(19)13-17)28-14-18-3-4-18/h5,7-8,10-13,15,18,21,23-24,26,32-33H,1,3-4,6,9,14H2,2H3,(H,28,30)/t21-,23-,24-,26-/m1/s1. The van der Waals surface area contributed by atoms with Crippen LogP contribution in [0.15, 0.2) is 64.7 Å². The van der Waals surface area contributed by atoms with Gasteiger partial charge in [0.05, 0.1) is 11.6 Å². The number of hydrogen-bond donors (Lipinski definition) is 3. The van der Waals surface area contributed by atoms with E-state index in [1.54, 1.807) is 24.2 Å². The first-order valence-corrected chi connectivity index (χ1v) is 11.8.